The first-order valence-electron chi connectivity index (χ1n) is 9.45. The fraction of sp³-hybridized carbons (Fsp3) is 0.500. The third-order valence-electron chi connectivity index (χ3n) is 3.87. The Morgan fingerprint density at radius 1 is 1.19 bits per heavy atom. The second-order valence-corrected chi connectivity index (χ2v) is 7.06. The highest BCUT2D eigenvalue weighted by atomic mass is 32.1. The van der Waals surface area contributed by atoms with Crippen molar-refractivity contribution in [2.75, 3.05) is 26.8 Å². The molecule has 27 heavy (non-hydrogen) atoms. The number of aliphatic imine (C=N–C) groups is 1. The molecule has 0 saturated heterocycles. The maximum atomic E-state index is 5.64. The van der Waals surface area contributed by atoms with E-state index in [1.54, 1.807) is 18.4 Å². The van der Waals surface area contributed by atoms with Crippen LogP contribution < -0.4 is 20.1 Å². The van der Waals surface area contributed by atoms with Gasteiger partial charge >= 0.3 is 0 Å². The maximum absolute atomic E-state index is 5.64. The summed E-state index contributed by atoms with van der Waals surface area (Å²) in [7, 11) is 1.65. The van der Waals surface area contributed by atoms with Crippen molar-refractivity contribution < 1.29 is 9.47 Å². The molecule has 0 radical (unpaired) electrons. The molecule has 0 aliphatic rings. The van der Waals surface area contributed by atoms with E-state index in [0.717, 1.165) is 54.0 Å². The molecule has 1 heterocycles. The molecular weight excluding hydrogens is 360 g/mol. The molecule has 7 heteroatoms. The lowest BCUT2D eigenvalue weighted by Gasteiger charge is -2.12. The zero-order valence-electron chi connectivity index (χ0n) is 16.7. The molecule has 0 saturated carbocycles. The highest BCUT2D eigenvalue weighted by Gasteiger charge is 2.06. The lowest BCUT2D eigenvalue weighted by molar-refractivity contribution is 0.310. The van der Waals surface area contributed by atoms with Gasteiger partial charge in [-0.1, -0.05) is 13.0 Å². The number of ether oxygens (including phenoxy) is 2. The number of rotatable bonds is 10. The molecule has 0 spiro atoms. The van der Waals surface area contributed by atoms with Gasteiger partial charge in [-0.05, 0) is 38.0 Å². The maximum Gasteiger partial charge on any atom is 0.191 e. The molecule has 0 amide bonds. The first kappa shape index (κ1) is 21.0. The number of nitrogens with one attached hydrogen (secondary N) is 2. The number of nitrogens with zero attached hydrogens (tertiary/aromatic N) is 2. The topological polar surface area (TPSA) is 67.8 Å². The van der Waals surface area contributed by atoms with Gasteiger partial charge in [-0.15, -0.1) is 11.3 Å². The second-order valence-electron chi connectivity index (χ2n) is 5.86. The lowest BCUT2D eigenvalue weighted by atomic mass is 10.2. The lowest BCUT2D eigenvalue weighted by Crippen LogP contribution is -2.38. The molecule has 1 aromatic heterocycles. The smallest absolute Gasteiger partial charge is 0.191 e. The number of hydrogen-bond donors (Lipinski definition) is 2. The van der Waals surface area contributed by atoms with Gasteiger partial charge in [0.2, 0.25) is 0 Å². The third-order valence-corrected chi connectivity index (χ3v) is 5.07. The van der Waals surface area contributed by atoms with Gasteiger partial charge in [0.25, 0.3) is 0 Å². The fourth-order valence-electron chi connectivity index (χ4n) is 2.51. The quantitative estimate of drug-likeness (QED) is 0.481. The van der Waals surface area contributed by atoms with Gasteiger partial charge in [0.15, 0.2) is 17.5 Å². The van der Waals surface area contributed by atoms with E-state index in [2.05, 4.69) is 34.5 Å². The van der Waals surface area contributed by atoms with E-state index < -0.39 is 0 Å². The van der Waals surface area contributed by atoms with E-state index in [1.165, 1.54) is 4.88 Å². The summed E-state index contributed by atoms with van der Waals surface area (Å²) in [6.07, 6.45) is 3.91. The van der Waals surface area contributed by atoms with Crippen LogP contribution in [-0.2, 0) is 19.4 Å². The van der Waals surface area contributed by atoms with Gasteiger partial charge in [0.1, 0.15) is 0 Å². The van der Waals surface area contributed by atoms with Crippen LogP contribution in [0, 0.1) is 0 Å². The van der Waals surface area contributed by atoms with Crippen LogP contribution in [0.25, 0.3) is 0 Å². The van der Waals surface area contributed by atoms with E-state index in [1.807, 2.05) is 31.3 Å². The average Bonchev–Trinajstić information content (AvgIpc) is 3.14. The summed E-state index contributed by atoms with van der Waals surface area (Å²) < 4.78 is 11.0. The predicted molar refractivity (Wildman–Crippen MR) is 112 cm³/mol. The number of thiazole rings is 1. The summed E-state index contributed by atoms with van der Waals surface area (Å²) in [4.78, 5) is 10.5. The standard InChI is InChI=1S/C20H30N4O2S/c1-5-16-14-23-19(27-16)10-11-22-20(21-6-2)24-13-15-8-9-17(25-4)18(12-15)26-7-3/h8-9,12,14H,5-7,10-11,13H2,1-4H3,(H2,21,22,24). The van der Waals surface area contributed by atoms with Crippen molar-refractivity contribution in [1.82, 2.24) is 15.6 Å². The van der Waals surface area contributed by atoms with E-state index in [0.29, 0.717) is 13.2 Å². The number of hydrogen-bond acceptors (Lipinski definition) is 5. The van der Waals surface area contributed by atoms with Crippen molar-refractivity contribution >= 4 is 17.3 Å². The van der Waals surface area contributed by atoms with Crippen molar-refractivity contribution in [3.05, 3.63) is 39.8 Å². The second kappa shape index (κ2) is 11.4. The summed E-state index contributed by atoms with van der Waals surface area (Å²) in [6, 6.07) is 5.91. The normalized spacial score (nSPS) is 11.3. The van der Waals surface area contributed by atoms with Crippen LogP contribution in [0.3, 0.4) is 0 Å². The molecule has 2 rings (SSSR count). The zero-order chi connectivity index (χ0) is 19.5. The van der Waals surface area contributed by atoms with Crippen LogP contribution in [0.1, 0.15) is 36.2 Å². The fourth-order valence-corrected chi connectivity index (χ4v) is 3.38. The predicted octanol–water partition coefficient (Wildman–Crippen LogP) is 3.41. The van der Waals surface area contributed by atoms with Crippen LogP contribution in [0.4, 0.5) is 0 Å². The van der Waals surface area contributed by atoms with Gasteiger partial charge in [0, 0.05) is 30.6 Å². The monoisotopic (exact) mass is 390 g/mol. The van der Waals surface area contributed by atoms with Gasteiger partial charge in [-0.3, -0.25) is 0 Å². The number of aromatic nitrogens is 1. The third kappa shape index (κ3) is 6.75. The first-order chi connectivity index (χ1) is 13.2. The van der Waals surface area contributed by atoms with Gasteiger partial charge in [0.05, 0.1) is 25.3 Å². The van der Waals surface area contributed by atoms with Crippen LogP contribution >= 0.6 is 11.3 Å². The van der Waals surface area contributed by atoms with Gasteiger partial charge in [-0.25, -0.2) is 9.98 Å². The molecule has 0 atom stereocenters. The van der Waals surface area contributed by atoms with Crippen LogP contribution in [-0.4, -0.2) is 37.7 Å². The van der Waals surface area contributed by atoms with Crippen molar-refractivity contribution in [2.45, 2.75) is 40.2 Å². The summed E-state index contributed by atoms with van der Waals surface area (Å²) in [5.74, 6) is 2.30. The Labute approximate surface area is 166 Å². The number of aryl methyl sites for hydroxylation is 1. The molecule has 2 N–H and O–H groups in total. The van der Waals surface area contributed by atoms with Crippen LogP contribution in [0.2, 0.25) is 0 Å². The first-order valence-corrected chi connectivity index (χ1v) is 10.3. The summed E-state index contributed by atoms with van der Waals surface area (Å²) >= 11 is 1.78. The molecule has 0 bridgehead atoms. The van der Waals surface area contributed by atoms with E-state index >= 15 is 0 Å². The van der Waals surface area contributed by atoms with Crippen molar-refractivity contribution in [2.24, 2.45) is 4.99 Å². The number of guanidine groups is 1. The van der Waals surface area contributed by atoms with E-state index in [4.69, 9.17) is 9.47 Å². The Morgan fingerprint density at radius 2 is 2.04 bits per heavy atom. The number of methoxy groups -OCH3 is 1. The molecule has 148 valence electrons. The highest BCUT2D eigenvalue weighted by Crippen LogP contribution is 2.28. The molecule has 0 unspecified atom stereocenters. The van der Waals surface area contributed by atoms with E-state index in [-0.39, 0.29) is 0 Å². The Morgan fingerprint density at radius 3 is 2.70 bits per heavy atom. The minimum Gasteiger partial charge on any atom is -0.493 e. The molecule has 2 aromatic rings. The Bertz CT molecular complexity index is 731. The molecule has 0 fully saturated rings. The Hall–Kier alpha value is -2.28. The van der Waals surface area contributed by atoms with Crippen molar-refractivity contribution in [1.29, 1.82) is 0 Å². The average molecular weight is 391 g/mol. The minimum atomic E-state index is 0.566. The summed E-state index contributed by atoms with van der Waals surface area (Å²) in [5, 5.41) is 7.82. The summed E-state index contributed by atoms with van der Waals surface area (Å²) in [6.45, 7) is 8.96. The molecule has 0 aliphatic heterocycles. The van der Waals surface area contributed by atoms with Gasteiger partial charge in [-0.2, -0.15) is 0 Å². The minimum absolute atomic E-state index is 0.566. The molecule has 0 aliphatic carbocycles. The van der Waals surface area contributed by atoms with Crippen LogP contribution in [0.5, 0.6) is 11.5 Å². The van der Waals surface area contributed by atoms with Crippen molar-refractivity contribution in [3.63, 3.8) is 0 Å². The van der Waals surface area contributed by atoms with Crippen LogP contribution in [0.15, 0.2) is 29.4 Å². The largest absolute Gasteiger partial charge is 0.493 e. The highest BCUT2D eigenvalue weighted by molar-refractivity contribution is 7.11. The van der Waals surface area contributed by atoms with Crippen molar-refractivity contribution in [3.8, 4) is 11.5 Å². The van der Waals surface area contributed by atoms with E-state index in [9.17, 15) is 0 Å². The summed E-state index contributed by atoms with van der Waals surface area (Å²) in [5.41, 5.74) is 1.07. The molecule has 1 aromatic carbocycles. The Kier molecular flexibility index (Phi) is 8.91. The van der Waals surface area contributed by atoms with Gasteiger partial charge < -0.3 is 20.1 Å². The zero-order valence-corrected chi connectivity index (χ0v) is 17.5. The molecular formula is C20H30N4O2S. The molecule has 6 nitrogen and oxygen atoms in total. The SMILES string of the molecule is CCNC(=NCc1ccc(OC)c(OCC)c1)NCCc1ncc(CC)s1. The Balaban J connectivity index is 1.94. The number of benzene rings is 1.